The van der Waals surface area contributed by atoms with Crippen molar-refractivity contribution in [1.29, 1.82) is 0 Å². The summed E-state index contributed by atoms with van der Waals surface area (Å²) in [4.78, 5) is 11.3. The van der Waals surface area contributed by atoms with E-state index in [1.54, 1.807) is 19.1 Å². The van der Waals surface area contributed by atoms with E-state index in [-0.39, 0.29) is 21.6 Å². The van der Waals surface area contributed by atoms with Gasteiger partial charge in [-0.25, -0.2) is 4.79 Å². The first-order valence-electron chi connectivity index (χ1n) is 7.66. The SMILES string of the molecule is Cc1ccc(C(=O)O)c(OS(=O)(=O)c2ccc3c(c2)C(C)(C)CO3)c1. The normalized spacial score (nSPS) is 15.3. The maximum absolute atomic E-state index is 12.6. The molecule has 132 valence electrons. The van der Waals surface area contributed by atoms with Gasteiger partial charge in [0.1, 0.15) is 16.2 Å². The van der Waals surface area contributed by atoms with Gasteiger partial charge in [-0.15, -0.1) is 0 Å². The van der Waals surface area contributed by atoms with Crippen LogP contribution >= 0.6 is 0 Å². The molecular formula is C18H18O6S. The number of carboxylic acid groups (broad SMARTS) is 1. The van der Waals surface area contributed by atoms with Crippen molar-refractivity contribution in [3.05, 3.63) is 53.1 Å². The predicted molar refractivity (Wildman–Crippen MR) is 90.9 cm³/mol. The molecule has 1 aliphatic rings. The van der Waals surface area contributed by atoms with E-state index in [2.05, 4.69) is 0 Å². The van der Waals surface area contributed by atoms with Gasteiger partial charge < -0.3 is 14.0 Å². The zero-order valence-electron chi connectivity index (χ0n) is 14.1. The number of benzene rings is 2. The second-order valence-electron chi connectivity index (χ2n) is 6.67. The number of hydrogen-bond acceptors (Lipinski definition) is 5. The van der Waals surface area contributed by atoms with Crippen molar-refractivity contribution < 1.29 is 27.2 Å². The Hall–Kier alpha value is -2.54. The molecule has 0 atom stereocenters. The van der Waals surface area contributed by atoms with Gasteiger partial charge in [-0.2, -0.15) is 8.42 Å². The molecule has 0 radical (unpaired) electrons. The van der Waals surface area contributed by atoms with Gasteiger partial charge in [0.05, 0.1) is 6.61 Å². The fourth-order valence-corrected chi connectivity index (χ4v) is 3.66. The molecule has 0 saturated carbocycles. The molecule has 0 saturated heterocycles. The van der Waals surface area contributed by atoms with Gasteiger partial charge in [-0.05, 0) is 42.8 Å². The Labute approximate surface area is 146 Å². The lowest BCUT2D eigenvalue weighted by Gasteiger charge is -2.16. The van der Waals surface area contributed by atoms with Gasteiger partial charge in [0, 0.05) is 11.0 Å². The standard InChI is InChI=1S/C18H18O6S/c1-11-4-6-13(17(19)20)16(8-11)24-25(21,22)12-5-7-15-14(9-12)18(2,3)10-23-15/h4-9H,10H2,1-3H3,(H,19,20). The molecule has 0 aliphatic carbocycles. The van der Waals surface area contributed by atoms with Gasteiger partial charge in [0.15, 0.2) is 5.75 Å². The fraction of sp³-hybridized carbons (Fsp3) is 0.278. The first-order chi connectivity index (χ1) is 11.6. The zero-order valence-corrected chi connectivity index (χ0v) is 14.9. The second kappa shape index (κ2) is 5.77. The summed E-state index contributed by atoms with van der Waals surface area (Å²) in [6.45, 7) is 6.10. The van der Waals surface area contributed by atoms with Gasteiger partial charge in [-0.1, -0.05) is 19.9 Å². The number of ether oxygens (including phenoxy) is 1. The molecule has 0 bridgehead atoms. The highest BCUT2D eigenvalue weighted by molar-refractivity contribution is 7.87. The summed E-state index contributed by atoms with van der Waals surface area (Å²) in [6.07, 6.45) is 0. The summed E-state index contributed by atoms with van der Waals surface area (Å²) in [5, 5.41) is 9.23. The molecule has 0 spiro atoms. The van der Waals surface area contributed by atoms with Crippen LogP contribution in [-0.4, -0.2) is 26.1 Å². The van der Waals surface area contributed by atoms with Crippen LogP contribution in [0.25, 0.3) is 0 Å². The average Bonchev–Trinajstić information content (AvgIpc) is 2.82. The van der Waals surface area contributed by atoms with Crippen LogP contribution in [0.15, 0.2) is 41.3 Å². The molecule has 1 N–H and O–H groups in total. The lowest BCUT2D eigenvalue weighted by atomic mass is 9.87. The van der Waals surface area contributed by atoms with Crippen molar-refractivity contribution in [1.82, 2.24) is 0 Å². The van der Waals surface area contributed by atoms with Crippen molar-refractivity contribution in [3.8, 4) is 11.5 Å². The van der Waals surface area contributed by atoms with E-state index in [1.165, 1.54) is 24.3 Å². The molecule has 1 aliphatic heterocycles. The molecule has 1 heterocycles. The summed E-state index contributed by atoms with van der Waals surface area (Å²) < 4.78 is 36.0. The Morgan fingerprint density at radius 2 is 1.92 bits per heavy atom. The fourth-order valence-electron chi connectivity index (χ4n) is 2.70. The van der Waals surface area contributed by atoms with E-state index >= 15 is 0 Å². The zero-order chi connectivity index (χ0) is 18.4. The number of rotatable bonds is 4. The number of carboxylic acids is 1. The Balaban J connectivity index is 2.02. The highest BCUT2D eigenvalue weighted by atomic mass is 32.2. The van der Waals surface area contributed by atoms with Gasteiger partial charge in [0.2, 0.25) is 0 Å². The lowest BCUT2D eigenvalue weighted by molar-refractivity contribution is 0.0695. The average molecular weight is 362 g/mol. The molecule has 0 amide bonds. The third kappa shape index (κ3) is 3.19. The van der Waals surface area contributed by atoms with E-state index in [4.69, 9.17) is 8.92 Å². The largest absolute Gasteiger partial charge is 0.492 e. The summed E-state index contributed by atoms with van der Waals surface area (Å²) >= 11 is 0. The van der Waals surface area contributed by atoms with Crippen molar-refractivity contribution in [3.63, 3.8) is 0 Å². The summed E-state index contributed by atoms with van der Waals surface area (Å²) in [7, 11) is -4.18. The van der Waals surface area contributed by atoms with E-state index < -0.39 is 16.1 Å². The van der Waals surface area contributed by atoms with E-state index in [9.17, 15) is 18.3 Å². The minimum atomic E-state index is -4.18. The summed E-state index contributed by atoms with van der Waals surface area (Å²) in [5.41, 5.74) is 0.953. The molecule has 6 nitrogen and oxygen atoms in total. The third-order valence-corrected chi connectivity index (χ3v) is 5.35. The molecule has 3 rings (SSSR count). The van der Waals surface area contributed by atoms with Crippen LogP contribution in [0.3, 0.4) is 0 Å². The Bertz CT molecular complexity index is 960. The van der Waals surface area contributed by atoms with Gasteiger partial charge in [0.25, 0.3) is 0 Å². The van der Waals surface area contributed by atoms with Gasteiger partial charge in [-0.3, -0.25) is 0 Å². The van der Waals surface area contributed by atoms with Crippen LogP contribution in [0.4, 0.5) is 0 Å². The van der Waals surface area contributed by atoms with Crippen LogP contribution in [0.2, 0.25) is 0 Å². The maximum Gasteiger partial charge on any atom is 0.339 e. The van der Waals surface area contributed by atoms with Gasteiger partial charge >= 0.3 is 16.1 Å². The number of carbonyl (C=O) groups is 1. The molecule has 0 aromatic heterocycles. The molecule has 25 heavy (non-hydrogen) atoms. The predicted octanol–water partition coefficient (Wildman–Crippen LogP) is 3.13. The van der Waals surface area contributed by atoms with Crippen LogP contribution in [0.5, 0.6) is 11.5 Å². The van der Waals surface area contributed by atoms with Crippen molar-refractivity contribution >= 4 is 16.1 Å². The lowest BCUT2D eigenvalue weighted by Crippen LogP contribution is -2.19. The molecule has 0 unspecified atom stereocenters. The number of aryl methyl sites for hydroxylation is 1. The first kappa shape index (κ1) is 17.3. The van der Waals surface area contributed by atoms with E-state index in [0.29, 0.717) is 17.9 Å². The highest BCUT2D eigenvalue weighted by Crippen LogP contribution is 2.39. The molecular weight excluding hydrogens is 344 g/mol. The summed E-state index contributed by atoms with van der Waals surface area (Å²) in [6, 6.07) is 8.80. The molecule has 7 heteroatoms. The minimum Gasteiger partial charge on any atom is -0.492 e. The smallest absolute Gasteiger partial charge is 0.339 e. The number of fused-ring (bicyclic) bond motifs is 1. The summed E-state index contributed by atoms with van der Waals surface area (Å²) in [5.74, 6) is -0.817. The van der Waals surface area contributed by atoms with Crippen molar-refractivity contribution in [2.24, 2.45) is 0 Å². The minimum absolute atomic E-state index is 0.0392. The molecule has 2 aromatic carbocycles. The first-order valence-corrected chi connectivity index (χ1v) is 9.07. The third-order valence-electron chi connectivity index (χ3n) is 4.12. The van der Waals surface area contributed by atoms with E-state index in [1.807, 2.05) is 13.8 Å². The second-order valence-corrected chi connectivity index (χ2v) is 8.22. The highest BCUT2D eigenvalue weighted by Gasteiger charge is 2.33. The Morgan fingerprint density at radius 3 is 2.60 bits per heavy atom. The van der Waals surface area contributed by atoms with E-state index in [0.717, 1.165) is 5.56 Å². The van der Waals surface area contributed by atoms with Crippen LogP contribution < -0.4 is 8.92 Å². The topological polar surface area (TPSA) is 89.9 Å². The molecule has 0 fully saturated rings. The Morgan fingerprint density at radius 1 is 1.20 bits per heavy atom. The number of aromatic carboxylic acids is 1. The monoisotopic (exact) mass is 362 g/mol. The van der Waals surface area contributed by atoms with Crippen LogP contribution in [0.1, 0.15) is 35.3 Å². The number of hydrogen-bond donors (Lipinski definition) is 1. The quantitative estimate of drug-likeness (QED) is 0.841. The Kier molecular flexibility index (Phi) is 3.99. The van der Waals surface area contributed by atoms with Crippen molar-refractivity contribution in [2.75, 3.05) is 6.61 Å². The van der Waals surface area contributed by atoms with Crippen LogP contribution in [0, 0.1) is 6.92 Å². The molecule has 2 aromatic rings. The van der Waals surface area contributed by atoms with Crippen LogP contribution in [-0.2, 0) is 15.5 Å². The van der Waals surface area contributed by atoms with Crippen molar-refractivity contribution in [2.45, 2.75) is 31.1 Å². The maximum atomic E-state index is 12.6.